The number of ether oxygens (including phenoxy) is 1. The summed E-state index contributed by atoms with van der Waals surface area (Å²) in [5.41, 5.74) is 2.12. The molecule has 1 atom stereocenters. The van der Waals surface area contributed by atoms with Crippen LogP contribution >= 0.6 is 11.3 Å². The number of hydrogen-bond donors (Lipinski definition) is 2. The summed E-state index contributed by atoms with van der Waals surface area (Å²) in [6.45, 7) is 1.81. The molecule has 37 heavy (non-hydrogen) atoms. The van der Waals surface area contributed by atoms with Crippen LogP contribution in [0.2, 0.25) is 0 Å². The number of nitrogens with one attached hydrogen (secondary N) is 2. The molecule has 2 N–H and O–H groups in total. The lowest BCUT2D eigenvalue weighted by Crippen LogP contribution is -2.47. The predicted molar refractivity (Wildman–Crippen MR) is 142 cm³/mol. The van der Waals surface area contributed by atoms with Gasteiger partial charge in [0.05, 0.1) is 31.3 Å². The zero-order chi connectivity index (χ0) is 26.2. The highest BCUT2D eigenvalue weighted by Crippen LogP contribution is 2.30. The maximum Gasteiger partial charge on any atom is 0.261 e. The van der Waals surface area contributed by atoms with Crippen molar-refractivity contribution in [1.29, 1.82) is 0 Å². The minimum atomic E-state index is -1.00. The van der Waals surface area contributed by atoms with Crippen LogP contribution in [-0.2, 0) is 16.1 Å². The fourth-order valence-corrected chi connectivity index (χ4v) is 4.41. The van der Waals surface area contributed by atoms with E-state index in [0.29, 0.717) is 27.6 Å². The number of nitrogens with zero attached hydrogens (tertiary/aromatic N) is 1. The molecule has 0 aliphatic rings. The first-order valence-electron chi connectivity index (χ1n) is 11.6. The van der Waals surface area contributed by atoms with Crippen molar-refractivity contribution in [2.24, 2.45) is 0 Å². The largest absolute Gasteiger partial charge is 0.497 e. The molecule has 2 aromatic carbocycles. The Morgan fingerprint density at radius 3 is 2.35 bits per heavy atom. The third kappa shape index (κ3) is 6.45. The van der Waals surface area contributed by atoms with Gasteiger partial charge in [-0.2, -0.15) is 0 Å². The van der Waals surface area contributed by atoms with Gasteiger partial charge in [0, 0.05) is 5.69 Å². The van der Waals surface area contributed by atoms with Crippen LogP contribution in [0.15, 0.2) is 88.9 Å². The Morgan fingerprint density at radius 2 is 1.73 bits per heavy atom. The maximum absolute atomic E-state index is 13.7. The van der Waals surface area contributed by atoms with E-state index >= 15 is 0 Å². The molecule has 2 heterocycles. The number of aryl methyl sites for hydroxylation is 1. The average Bonchev–Trinajstić information content (AvgIpc) is 3.64. The van der Waals surface area contributed by atoms with E-state index in [4.69, 9.17) is 9.15 Å². The van der Waals surface area contributed by atoms with E-state index in [1.807, 2.05) is 31.2 Å². The molecule has 9 heteroatoms. The summed E-state index contributed by atoms with van der Waals surface area (Å²) >= 11 is 1.28. The van der Waals surface area contributed by atoms with Crippen LogP contribution in [-0.4, -0.2) is 31.4 Å². The summed E-state index contributed by atoms with van der Waals surface area (Å²) in [4.78, 5) is 41.7. The van der Waals surface area contributed by atoms with Crippen molar-refractivity contribution in [2.75, 3.05) is 18.6 Å². The second-order valence-corrected chi connectivity index (χ2v) is 9.18. The number of anilines is 1. The van der Waals surface area contributed by atoms with Crippen molar-refractivity contribution in [3.8, 4) is 5.75 Å². The fraction of sp³-hybridized carbons (Fsp3) is 0.179. The Bertz CT molecular complexity index is 1320. The molecule has 0 bridgehead atoms. The molecule has 0 saturated heterocycles. The van der Waals surface area contributed by atoms with Gasteiger partial charge in [-0.3, -0.25) is 19.3 Å². The van der Waals surface area contributed by atoms with Crippen LogP contribution in [0, 0.1) is 6.92 Å². The summed E-state index contributed by atoms with van der Waals surface area (Å²) in [5, 5.41) is 7.34. The lowest BCUT2D eigenvalue weighted by molar-refractivity contribution is -0.126. The number of methoxy groups -OCH3 is 1. The van der Waals surface area contributed by atoms with Gasteiger partial charge in [0.15, 0.2) is 0 Å². The molecule has 8 nitrogen and oxygen atoms in total. The van der Waals surface area contributed by atoms with Gasteiger partial charge in [0.1, 0.15) is 17.6 Å². The monoisotopic (exact) mass is 517 g/mol. The van der Waals surface area contributed by atoms with Gasteiger partial charge in [-0.1, -0.05) is 35.9 Å². The van der Waals surface area contributed by atoms with Gasteiger partial charge >= 0.3 is 0 Å². The van der Waals surface area contributed by atoms with E-state index in [1.54, 1.807) is 61.0 Å². The fourth-order valence-electron chi connectivity index (χ4n) is 3.77. The van der Waals surface area contributed by atoms with E-state index in [9.17, 15) is 14.4 Å². The Hall–Kier alpha value is -4.37. The van der Waals surface area contributed by atoms with E-state index < -0.39 is 17.9 Å². The number of carbonyl (C=O) groups is 3. The minimum Gasteiger partial charge on any atom is -0.497 e. The van der Waals surface area contributed by atoms with Gasteiger partial charge in [0.25, 0.3) is 5.91 Å². The lowest BCUT2D eigenvalue weighted by Gasteiger charge is -2.31. The second kappa shape index (κ2) is 12.0. The third-order valence-electron chi connectivity index (χ3n) is 5.68. The number of thiophene rings is 1. The van der Waals surface area contributed by atoms with Crippen molar-refractivity contribution in [1.82, 2.24) is 10.6 Å². The first kappa shape index (κ1) is 25.7. The highest BCUT2D eigenvalue weighted by molar-refractivity contribution is 7.12. The Labute approximate surface area is 218 Å². The van der Waals surface area contributed by atoms with E-state index in [0.717, 1.165) is 5.56 Å². The van der Waals surface area contributed by atoms with Crippen LogP contribution in [0.3, 0.4) is 0 Å². The number of rotatable bonds is 10. The minimum absolute atomic E-state index is 0.161. The smallest absolute Gasteiger partial charge is 0.261 e. The van der Waals surface area contributed by atoms with Crippen LogP contribution in [0.4, 0.5) is 5.69 Å². The van der Waals surface area contributed by atoms with Gasteiger partial charge in [-0.25, -0.2) is 0 Å². The topological polar surface area (TPSA) is 101 Å². The van der Waals surface area contributed by atoms with Crippen molar-refractivity contribution < 1.29 is 23.5 Å². The number of carbonyl (C=O) groups excluding carboxylic acids is 3. The molecule has 190 valence electrons. The first-order valence-corrected chi connectivity index (χ1v) is 12.5. The molecule has 0 aliphatic heterocycles. The average molecular weight is 518 g/mol. The number of hydrogen-bond acceptors (Lipinski definition) is 6. The molecule has 3 amide bonds. The van der Waals surface area contributed by atoms with Gasteiger partial charge in [-0.05, 0) is 60.3 Å². The van der Waals surface area contributed by atoms with E-state index in [2.05, 4.69) is 10.6 Å². The van der Waals surface area contributed by atoms with Crippen LogP contribution in [0.5, 0.6) is 5.75 Å². The highest BCUT2D eigenvalue weighted by atomic mass is 32.1. The van der Waals surface area contributed by atoms with E-state index in [-0.39, 0.29) is 19.0 Å². The Kier molecular flexibility index (Phi) is 8.37. The number of furan rings is 1. The number of amides is 3. The zero-order valence-electron chi connectivity index (χ0n) is 20.5. The van der Waals surface area contributed by atoms with Gasteiger partial charge in [0.2, 0.25) is 11.8 Å². The highest BCUT2D eigenvalue weighted by Gasteiger charge is 2.33. The molecule has 2 aromatic heterocycles. The first-order chi connectivity index (χ1) is 18.0. The summed E-state index contributed by atoms with van der Waals surface area (Å²) in [6, 6.07) is 20.2. The summed E-state index contributed by atoms with van der Waals surface area (Å²) in [5.74, 6) is -0.00664. The molecule has 4 rings (SSSR count). The summed E-state index contributed by atoms with van der Waals surface area (Å²) in [6.07, 6.45) is 1.53. The van der Waals surface area contributed by atoms with Crippen LogP contribution in [0.1, 0.15) is 32.6 Å². The van der Waals surface area contributed by atoms with Crippen molar-refractivity contribution in [3.05, 3.63) is 106 Å². The molecule has 0 unspecified atom stereocenters. The van der Waals surface area contributed by atoms with Crippen LogP contribution < -0.4 is 20.3 Å². The zero-order valence-corrected chi connectivity index (χ0v) is 21.3. The molecule has 0 radical (unpaired) electrons. The molecule has 0 saturated carbocycles. The maximum atomic E-state index is 13.7. The molecular formula is C28H27N3O5S. The van der Waals surface area contributed by atoms with Crippen molar-refractivity contribution in [3.63, 3.8) is 0 Å². The van der Waals surface area contributed by atoms with E-state index in [1.165, 1.54) is 22.5 Å². The van der Waals surface area contributed by atoms with Crippen LogP contribution in [0.25, 0.3) is 0 Å². The molecular weight excluding hydrogens is 490 g/mol. The predicted octanol–water partition coefficient (Wildman–Crippen LogP) is 4.48. The standard InChI is InChI=1S/C28H27N3O5S/c1-19-7-9-20(10-8-19)26(28(34)29-17-23-5-3-15-36-23)31(21-11-13-22(35-2)14-12-21)25(32)18-30-27(33)24-6-4-16-37-24/h3-16,26H,17-18H2,1-2H3,(H,29,34)(H,30,33)/t26-/m1/s1. The normalized spacial score (nSPS) is 11.4. The molecule has 0 spiro atoms. The Morgan fingerprint density at radius 1 is 0.973 bits per heavy atom. The molecule has 4 aromatic rings. The van der Waals surface area contributed by atoms with Gasteiger partial charge in [-0.15, -0.1) is 11.3 Å². The van der Waals surface area contributed by atoms with Crippen molar-refractivity contribution in [2.45, 2.75) is 19.5 Å². The Balaban J connectivity index is 1.68. The second-order valence-electron chi connectivity index (χ2n) is 8.23. The molecule has 0 fully saturated rings. The SMILES string of the molecule is COc1ccc(N(C(=O)CNC(=O)c2cccs2)[C@@H](C(=O)NCc2ccco2)c2ccc(C)cc2)cc1. The van der Waals surface area contributed by atoms with Gasteiger partial charge < -0.3 is 19.8 Å². The summed E-state index contributed by atoms with van der Waals surface area (Å²) < 4.78 is 10.6. The third-order valence-corrected chi connectivity index (χ3v) is 6.55. The lowest BCUT2D eigenvalue weighted by atomic mass is 10.0. The number of benzene rings is 2. The quantitative estimate of drug-likeness (QED) is 0.323. The molecule has 0 aliphatic carbocycles. The summed E-state index contributed by atoms with van der Waals surface area (Å²) in [7, 11) is 1.55. The van der Waals surface area contributed by atoms with Crippen molar-refractivity contribution >= 4 is 34.7 Å².